The van der Waals surface area contributed by atoms with E-state index in [9.17, 15) is 8.42 Å². The first kappa shape index (κ1) is 16.6. The molecule has 0 bridgehead atoms. The predicted molar refractivity (Wildman–Crippen MR) is 82.5 cm³/mol. The van der Waals surface area contributed by atoms with E-state index < -0.39 is 9.05 Å². The molecule has 3 nitrogen and oxygen atoms in total. The molecule has 0 aliphatic heterocycles. The highest BCUT2D eigenvalue weighted by Crippen LogP contribution is 2.41. The lowest BCUT2D eigenvalue weighted by atomic mass is 9.84. The van der Waals surface area contributed by atoms with Crippen LogP contribution in [-0.4, -0.2) is 26.9 Å². The number of ether oxygens (including phenoxy) is 1. The van der Waals surface area contributed by atoms with Crippen LogP contribution in [0, 0.1) is 11.3 Å². The monoisotopic (exact) mass is 322 g/mol. The summed E-state index contributed by atoms with van der Waals surface area (Å²) in [5.74, 6) is 0.722. The van der Waals surface area contributed by atoms with Crippen LogP contribution in [0.25, 0.3) is 0 Å². The summed E-state index contributed by atoms with van der Waals surface area (Å²) in [5.41, 5.74) is -0.226. The first-order valence-corrected chi connectivity index (χ1v) is 10.5. The van der Waals surface area contributed by atoms with Gasteiger partial charge < -0.3 is 4.74 Å². The van der Waals surface area contributed by atoms with Gasteiger partial charge >= 0.3 is 0 Å². The van der Waals surface area contributed by atoms with Gasteiger partial charge in [0.25, 0.3) is 0 Å². The van der Waals surface area contributed by atoms with Crippen molar-refractivity contribution in [2.75, 3.05) is 12.4 Å². The van der Waals surface area contributed by atoms with E-state index >= 15 is 0 Å². The standard InChI is InChI=1S/C15H27ClO3S/c1-2-13-7-3-4-8-14(13)19-11-15(9-5-6-10-15)12-20(16,17)18/h13-14H,2-12H2,1H3. The highest BCUT2D eigenvalue weighted by atomic mass is 35.7. The number of hydrogen-bond donors (Lipinski definition) is 0. The van der Waals surface area contributed by atoms with E-state index in [1.165, 1.54) is 19.3 Å². The summed E-state index contributed by atoms with van der Waals surface area (Å²) >= 11 is 0. The predicted octanol–water partition coefficient (Wildman–Crippen LogP) is 4.10. The Morgan fingerprint density at radius 2 is 1.80 bits per heavy atom. The van der Waals surface area contributed by atoms with Crippen molar-refractivity contribution in [2.45, 2.75) is 70.8 Å². The largest absolute Gasteiger partial charge is 0.377 e. The Morgan fingerprint density at radius 3 is 2.40 bits per heavy atom. The Bertz CT molecular complexity index is 401. The summed E-state index contributed by atoms with van der Waals surface area (Å²) in [4.78, 5) is 0. The zero-order valence-corrected chi connectivity index (χ0v) is 14.0. The molecule has 5 heteroatoms. The Hall–Kier alpha value is 0.200. The number of hydrogen-bond acceptors (Lipinski definition) is 3. The van der Waals surface area contributed by atoms with Crippen molar-refractivity contribution in [3.63, 3.8) is 0 Å². The molecular formula is C15H27ClO3S. The van der Waals surface area contributed by atoms with Crippen molar-refractivity contribution in [1.82, 2.24) is 0 Å². The average molecular weight is 323 g/mol. The van der Waals surface area contributed by atoms with Gasteiger partial charge in [0.2, 0.25) is 9.05 Å². The summed E-state index contributed by atoms with van der Waals surface area (Å²) in [6.45, 7) is 2.79. The van der Waals surface area contributed by atoms with Crippen molar-refractivity contribution in [1.29, 1.82) is 0 Å². The summed E-state index contributed by atoms with van der Waals surface area (Å²) in [6, 6.07) is 0. The number of halogens is 1. The second-order valence-electron chi connectivity index (χ2n) is 6.69. The fourth-order valence-electron chi connectivity index (χ4n) is 3.96. The van der Waals surface area contributed by atoms with Crippen LogP contribution in [0.5, 0.6) is 0 Å². The van der Waals surface area contributed by atoms with Gasteiger partial charge in [-0.25, -0.2) is 8.42 Å². The Morgan fingerprint density at radius 1 is 1.15 bits per heavy atom. The van der Waals surface area contributed by atoms with E-state index in [1.54, 1.807) is 0 Å². The molecule has 0 aromatic carbocycles. The first-order chi connectivity index (χ1) is 9.44. The van der Waals surface area contributed by atoms with Crippen LogP contribution in [0.1, 0.15) is 64.7 Å². The van der Waals surface area contributed by atoms with Crippen LogP contribution in [0.2, 0.25) is 0 Å². The van der Waals surface area contributed by atoms with Crippen molar-refractivity contribution in [3.8, 4) is 0 Å². The third-order valence-corrected chi connectivity index (χ3v) is 6.39. The topological polar surface area (TPSA) is 43.4 Å². The van der Waals surface area contributed by atoms with Crippen LogP contribution < -0.4 is 0 Å². The summed E-state index contributed by atoms with van der Waals surface area (Å²) in [6.07, 6.45) is 10.5. The Balaban J connectivity index is 1.95. The minimum atomic E-state index is -3.45. The highest BCUT2D eigenvalue weighted by molar-refractivity contribution is 8.13. The lowest BCUT2D eigenvalue weighted by molar-refractivity contribution is -0.0474. The molecule has 0 saturated heterocycles. The van der Waals surface area contributed by atoms with Crippen molar-refractivity contribution >= 4 is 19.7 Å². The summed E-state index contributed by atoms with van der Waals surface area (Å²) in [7, 11) is 2.05. The second-order valence-corrected chi connectivity index (χ2v) is 9.47. The zero-order valence-electron chi connectivity index (χ0n) is 12.4. The third kappa shape index (κ3) is 4.60. The summed E-state index contributed by atoms with van der Waals surface area (Å²) < 4.78 is 29.1. The normalized spacial score (nSPS) is 30.5. The smallest absolute Gasteiger partial charge is 0.233 e. The molecule has 0 spiro atoms. The zero-order chi connectivity index (χ0) is 14.6. The lowest BCUT2D eigenvalue weighted by Gasteiger charge is -2.35. The van der Waals surface area contributed by atoms with Gasteiger partial charge in [-0.05, 0) is 31.6 Å². The van der Waals surface area contributed by atoms with Crippen molar-refractivity contribution in [2.24, 2.45) is 11.3 Å². The maximum atomic E-state index is 11.5. The molecule has 0 aromatic heterocycles. The van der Waals surface area contributed by atoms with Gasteiger partial charge in [0.15, 0.2) is 0 Å². The molecule has 2 saturated carbocycles. The second kappa shape index (κ2) is 6.97. The van der Waals surface area contributed by atoms with E-state index in [-0.39, 0.29) is 11.2 Å². The van der Waals surface area contributed by atoms with E-state index in [1.807, 2.05) is 0 Å². The fraction of sp³-hybridized carbons (Fsp3) is 1.00. The Labute approximate surface area is 127 Å². The van der Waals surface area contributed by atoms with Crippen molar-refractivity contribution < 1.29 is 13.2 Å². The maximum Gasteiger partial charge on any atom is 0.233 e. The van der Waals surface area contributed by atoms with E-state index in [2.05, 4.69) is 6.92 Å². The van der Waals surface area contributed by atoms with Gasteiger partial charge in [0.05, 0.1) is 18.5 Å². The van der Waals surface area contributed by atoms with Gasteiger partial charge in [-0.15, -0.1) is 0 Å². The molecule has 2 aliphatic rings. The summed E-state index contributed by atoms with van der Waals surface area (Å²) in [5, 5.41) is 0. The molecule has 118 valence electrons. The van der Waals surface area contributed by atoms with Crippen LogP contribution in [0.15, 0.2) is 0 Å². The molecule has 0 amide bonds. The molecule has 2 aliphatic carbocycles. The fourth-order valence-corrected chi connectivity index (χ4v) is 5.76. The molecule has 2 rings (SSSR count). The quantitative estimate of drug-likeness (QED) is 0.691. The van der Waals surface area contributed by atoms with Gasteiger partial charge in [0, 0.05) is 16.1 Å². The average Bonchev–Trinajstić information content (AvgIpc) is 2.83. The third-order valence-electron chi connectivity index (χ3n) is 5.11. The van der Waals surface area contributed by atoms with E-state index in [4.69, 9.17) is 15.4 Å². The van der Waals surface area contributed by atoms with Gasteiger partial charge in [-0.2, -0.15) is 0 Å². The molecule has 0 radical (unpaired) electrons. The van der Waals surface area contributed by atoms with Crippen LogP contribution >= 0.6 is 10.7 Å². The SMILES string of the molecule is CCC1CCCCC1OCC1(CS(=O)(=O)Cl)CCCC1. The van der Waals surface area contributed by atoms with Gasteiger partial charge in [0.1, 0.15) is 0 Å². The molecule has 2 atom stereocenters. The van der Waals surface area contributed by atoms with Crippen LogP contribution in [-0.2, 0) is 13.8 Å². The Kier molecular flexibility index (Phi) is 5.78. The van der Waals surface area contributed by atoms with Crippen LogP contribution in [0.4, 0.5) is 0 Å². The first-order valence-electron chi connectivity index (χ1n) is 7.98. The minimum absolute atomic E-state index is 0.0745. The molecule has 2 fully saturated rings. The molecule has 2 unspecified atom stereocenters. The number of rotatable bonds is 6. The highest BCUT2D eigenvalue weighted by Gasteiger charge is 2.39. The van der Waals surface area contributed by atoms with Gasteiger partial charge in [-0.1, -0.05) is 39.0 Å². The lowest BCUT2D eigenvalue weighted by Crippen LogP contribution is -2.36. The minimum Gasteiger partial charge on any atom is -0.377 e. The van der Waals surface area contributed by atoms with E-state index in [0.29, 0.717) is 18.6 Å². The molecule has 0 N–H and O–H groups in total. The molecular weight excluding hydrogens is 296 g/mol. The molecule has 0 aromatic rings. The molecule has 20 heavy (non-hydrogen) atoms. The van der Waals surface area contributed by atoms with Crippen LogP contribution in [0.3, 0.4) is 0 Å². The van der Waals surface area contributed by atoms with Crippen molar-refractivity contribution in [3.05, 3.63) is 0 Å². The van der Waals surface area contributed by atoms with E-state index in [0.717, 1.165) is 38.5 Å². The molecule has 0 heterocycles. The maximum absolute atomic E-state index is 11.5. The van der Waals surface area contributed by atoms with Gasteiger partial charge in [-0.3, -0.25) is 0 Å².